The summed E-state index contributed by atoms with van der Waals surface area (Å²) in [5.41, 5.74) is 0.301. The molecule has 5 nitrogen and oxygen atoms in total. The van der Waals surface area contributed by atoms with Crippen LogP contribution in [-0.2, 0) is 9.59 Å². The first kappa shape index (κ1) is 14.1. The van der Waals surface area contributed by atoms with Gasteiger partial charge in [0.25, 0.3) is 0 Å². The summed E-state index contributed by atoms with van der Waals surface area (Å²) < 4.78 is 1.27. The van der Waals surface area contributed by atoms with Crippen LogP contribution in [0.2, 0.25) is 0 Å². The van der Waals surface area contributed by atoms with Crippen LogP contribution in [0.15, 0.2) is 21.2 Å². The molecule has 1 aromatic rings. The number of aromatic nitrogens is 1. The number of pyridine rings is 1. The Morgan fingerprint density at radius 1 is 1.65 bits per heavy atom. The van der Waals surface area contributed by atoms with Gasteiger partial charge in [0, 0.05) is 21.7 Å². The Kier molecular flexibility index (Phi) is 5.07. The lowest BCUT2D eigenvalue weighted by atomic mass is 10.1. The quantitative estimate of drug-likeness (QED) is 0.812. The first-order valence-electron chi connectivity index (χ1n) is 4.76. The highest BCUT2D eigenvalue weighted by molar-refractivity contribution is 9.11. The van der Waals surface area contributed by atoms with Gasteiger partial charge in [0.15, 0.2) is 6.04 Å². The van der Waals surface area contributed by atoms with Gasteiger partial charge in [-0.25, -0.2) is 4.79 Å². The molecule has 0 aromatic carbocycles. The predicted octanol–water partition coefficient (Wildman–Crippen LogP) is 2.21. The van der Waals surface area contributed by atoms with E-state index in [1.165, 1.54) is 11.1 Å². The number of halogens is 2. The van der Waals surface area contributed by atoms with Crippen molar-refractivity contribution in [1.29, 1.82) is 0 Å². The topological polar surface area (TPSA) is 70.5 Å². The lowest BCUT2D eigenvalue weighted by molar-refractivity contribution is -0.146. The lowest BCUT2D eigenvalue weighted by Crippen LogP contribution is -2.33. The maximum absolute atomic E-state index is 11.2. The molecule has 0 saturated carbocycles. The number of hydrogen-bond acceptors (Lipinski definition) is 3. The second kappa shape index (κ2) is 6.11. The molecule has 0 aliphatic rings. The van der Waals surface area contributed by atoms with Crippen molar-refractivity contribution in [2.45, 2.75) is 13.0 Å². The van der Waals surface area contributed by atoms with Gasteiger partial charge < -0.3 is 10.0 Å². The average molecular weight is 366 g/mol. The van der Waals surface area contributed by atoms with Crippen LogP contribution in [0.3, 0.4) is 0 Å². The molecule has 0 aliphatic carbocycles. The van der Waals surface area contributed by atoms with Crippen molar-refractivity contribution in [2.75, 3.05) is 6.54 Å². The number of carboxylic acid groups (broad SMARTS) is 1. The number of rotatable bonds is 5. The minimum Gasteiger partial charge on any atom is -0.479 e. The number of amides is 1. The minimum absolute atomic E-state index is 0.296. The number of likely N-dealkylation sites (N-methyl/N-ethyl adjacent to an activating group) is 1. The van der Waals surface area contributed by atoms with Crippen LogP contribution < -0.4 is 0 Å². The van der Waals surface area contributed by atoms with Gasteiger partial charge in [0.2, 0.25) is 6.41 Å². The molecule has 1 atom stereocenters. The van der Waals surface area contributed by atoms with Crippen LogP contribution in [0, 0.1) is 0 Å². The molecule has 17 heavy (non-hydrogen) atoms. The summed E-state index contributed by atoms with van der Waals surface area (Å²) in [5, 5.41) is 9.18. The molecule has 7 heteroatoms. The largest absolute Gasteiger partial charge is 0.479 e. The van der Waals surface area contributed by atoms with Gasteiger partial charge in [-0.2, -0.15) is 0 Å². The zero-order valence-electron chi connectivity index (χ0n) is 8.93. The molecular weight excluding hydrogens is 356 g/mol. The molecule has 0 radical (unpaired) electrons. The van der Waals surface area contributed by atoms with E-state index in [4.69, 9.17) is 0 Å². The summed E-state index contributed by atoms with van der Waals surface area (Å²) >= 11 is 6.47. The van der Waals surface area contributed by atoms with E-state index < -0.39 is 12.0 Å². The predicted molar refractivity (Wildman–Crippen MR) is 68.5 cm³/mol. The Bertz CT molecular complexity index is 440. The van der Waals surface area contributed by atoms with E-state index in [0.29, 0.717) is 23.1 Å². The van der Waals surface area contributed by atoms with E-state index in [-0.39, 0.29) is 0 Å². The van der Waals surface area contributed by atoms with E-state index in [1.807, 2.05) is 0 Å². The molecular formula is C10H10Br2N2O3. The summed E-state index contributed by atoms with van der Waals surface area (Å²) in [6.45, 7) is 2.00. The van der Waals surface area contributed by atoms with E-state index in [9.17, 15) is 14.7 Å². The monoisotopic (exact) mass is 364 g/mol. The molecule has 1 N–H and O–H groups in total. The van der Waals surface area contributed by atoms with Gasteiger partial charge in [-0.3, -0.25) is 9.78 Å². The highest BCUT2D eigenvalue weighted by Gasteiger charge is 2.28. The third-order valence-electron chi connectivity index (χ3n) is 2.16. The van der Waals surface area contributed by atoms with Crippen molar-refractivity contribution >= 4 is 44.2 Å². The number of hydrogen-bond donors (Lipinski definition) is 1. The Hall–Kier alpha value is -0.950. The maximum Gasteiger partial charge on any atom is 0.332 e. The van der Waals surface area contributed by atoms with Crippen LogP contribution >= 0.6 is 31.9 Å². The Labute approximate surface area is 115 Å². The van der Waals surface area contributed by atoms with Crippen molar-refractivity contribution in [2.24, 2.45) is 0 Å². The molecule has 0 aliphatic heterocycles. The Morgan fingerprint density at radius 3 is 2.71 bits per heavy atom. The van der Waals surface area contributed by atoms with Crippen molar-refractivity contribution in [1.82, 2.24) is 9.88 Å². The smallest absolute Gasteiger partial charge is 0.332 e. The number of aliphatic carboxylic acids is 1. The molecule has 1 amide bonds. The summed E-state index contributed by atoms with van der Waals surface area (Å²) in [4.78, 5) is 27.3. The second-order valence-corrected chi connectivity index (χ2v) is 4.97. The molecule has 1 heterocycles. The van der Waals surface area contributed by atoms with Crippen LogP contribution in [0.5, 0.6) is 0 Å². The molecule has 1 aromatic heterocycles. The maximum atomic E-state index is 11.2. The summed E-state index contributed by atoms with van der Waals surface area (Å²) in [7, 11) is 0. The van der Waals surface area contributed by atoms with Crippen molar-refractivity contribution in [3.05, 3.63) is 26.9 Å². The van der Waals surface area contributed by atoms with E-state index in [2.05, 4.69) is 36.8 Å². The Morgan fingerprint density at radius 2 is 2.29 bits per heavy atom. The Balaban J connectivity index is 3.22. The van der Waals surface area contributed by atoms with Crippen LogP contribution in [0.1, 0.15) is 18.7 Å². The van der Waals surface area contributed by atoms with Gasteiger partial charge in [0.1, 0.15) is 0 Å². The zero-order valence-corrected chi connectivity index (χ0v) is 12.1. The van der Waals surface area contributed by atoms with E-state index in [1.54, 1.807) is 13.0 Å². The average Bonchev–Trinajstić information content (AvgIpc) is 2.26. The van der Waals surface area contributed by atoms with E-state index >= 15 is 0 Å². The lowest BCUT2D eigenvalue weighted by Gasteiger charge is -2.23. The fourth-order valence-corrected chi connectivity index (χ4v) is 2.56. The van der Waals surface area contributed by atoms with Crippen molar-refractivity contribution in [3.8, 4) is 0 Å². The number of carbonyl (C=O) groups excluding carboxylic acids is 1. The van der Waals surface area contributed by atoms with Crippen LogP contribution in [-0.4, -0.2) is 33.9 Å². The minimum atomic E-state index is -1.12. The fourth-order valence-electron chi connectivity index (χ4n) is 1.36. The molecule has 1 unspecified atom stereocenters. The van der Waals surface area contributed by atoms with Crippen LogP contribution in [0.4, 0.5) is 0 Å². The number of carbonyl (C=O) groups is 2. The summed E-state index contributed by atoms with van der Waals surface area (Å²) in [6, 6.07) is 0.608. The van der Waals surface area contributed by atoms with Gasteiger partial charge in [0.05, 0.1) is 5.69 Å². The summed E-state index contributed by atoms with van der Waals surface area (Å²) in [5.74, 6) is -1.12. The molecule has 0 saturated heterocycles. The molecule has 1 rings (SSSR count). The fraction of sp³-hybridized carbons (Fsp3) is 0.300. The normalized spacial score (nSPS) is 11.9. The van der Waals surface area contributed by atoms with Crippen molar-refractivity contribution < 1.29 is 14.7 Å². The SMILES string of the molecule is CCN(C=O)C(C(=O)O)c1ncc(Br)cc1Br. The molecule has 0 fully saturated rings. The first-order valence-corrected chi connectivity index (χ1v) is 6.34. The molecule has 0 bridgehead atoms. The highest BCUT2D eigenvalue weighted by Crippen LogP contribution is 2.27. The van der Waals surface area contributed by atoms with Gasteiger partial charge in [-0.15, -0.1) is 0 Å². The first-order chi connectivity index (χ1) is 8.01. The molecule has 92 valence electrons. The number of carboxylic acids is 1. The zero-order chi connectivity index (χ0) is 13.0. The number of nitrogens with zero attached hydrogens (tertiary/aromatic N) is 2. The standard InChI is InChI=1S/C10H10Br2N2O3/c1-2-14(5-15)9(10(16)17)8-7(12)3-6(11)4-13-8/h3-5,9H,2H2,1H3,(H,16,17). The third kappa shape index (κ3) is 3.26. The second-order valence-electron chi connectivity index (χ2n) is 3.20. The van der Waals surface area contributed by atoms with Crippen LogP contribution in [0.25, 0.3) is 0 Å². The third-order valence-corrected chi connectivity index (χ3v) is 3.23. The van der Waals surface area contributed by atoms with Crippen molar-refractivity contribution in [3.63, 3.8) is 0 Å². The van der Waals surface area contributed by atoms with Gasteiger partial charge >= 0.3 is 5.97 Å². The van der Waals surface area contributed by atoms with Gasteiger partial charge in [-0.05, 0) is 44.8 Å². The highest BCUT2D eigenvalue weighted by atomic mass is 79.9. The molecule has 0 spiro atoms. The van der Waals surface area contributed by atoms with E-state index in [0.717, 1.165) is 4.47 Å². The summed E-state index contributed by atoms with van der Waals surface area (Å²) in [6.07, 6.45) is 2.00. The van der Waals surface area contributed by atoms with Gasteiger partial charge in [-0.1, -0.05) is 0 Å².